The molecule has 2 rings (SSSR count). The zero-order chi connectivity index (χ0) is 14.4. The average Bonchev–Trinajstić information content (AvgIpc) is 2.48. The molecule has 1 heterocycles. The van der Waals surface area contributed by atoms with E-state index in [9.17, 15) is 4.39 Å². The molecule has 0 aliphatic heterocycles. The maximum absolute atomic E-state index is 14.4. The second-order valence-corrected chi connectivity index (χ2v) is 5.48. The molecule has 2 atom stereocenters. The van der Waals surface area contributed by atoms with Crippen molar-refractivity contribution in [3.63, 3.8) is 0 Å². The summed E-state index contributed by atoms with van der Waals surface area (Å²) in [5.74, 6) is 0.391. The van der Waals surface area contributed by atoms with Crippen LogP contribution in [0.5, 0.6) is 5.88 Å². The van der Waals surface area contributed by atoms with Gasteiger partial charge in [-0.25, -0.2) is 9.37 Å². The summed E-state index contributed by atoms with van der Waals surface area (Å²) in [5, 5.41) is 3.13. The van der Waals surface area contributed by atoms with Gasteiger partial charge in [0.2, 0.25) is 0 Å². The van der Waals surface area contributed by atoms with Gasteiger partial charge in [0.15, 0.2) is 5.82 Å². The van der Waals surface area contributed by atoms with Gasteiger partial charge in [-0.15, -0.1) is 0 Å². The zero-order valence-electron chi connectivity index (χ0n) is 12.5. The largest absolute Gasteiger partial charge is 0.472 e. The van der Waals surface area contributed by atoms with Crippen LogP contribution in [0.15, 0.2) is 12.3 Å². The highest BCUT2D eigenvalue weighted by Crippen LogP contribution is 2.31. The highest BCUT2D eigenvalue weighted by atomic mass is 19.1. The van der Waals surface area contributed by atoms with Gasteiger partial charge in [0.05, 0.1) is 0 Å². The standard InChI is InChI=1S/C16H25FN2O/c1-3-12-7-5-6-8-14(12)20-16-15(17)13(9-10-19-16)11-18-4-2/h9-10,12,14,18H,3-8,11H2,1-2H3. The number of hydrogen-bond donors (Lipinski definition) is 1. The van der Waals surface area contributed by atoms with E-state index >= 15 is 0 Å². The molecule has 1 aromatic heterocycles. The van der Waals surface area contributed by atoms with Crippen LogP contribution in [0.25, 0.3) is 0 Å². The number of ether oxygens (including phenoxy) is 1. The van der Waals surface area contributed by atoms with E-state index in [1.54, 1.807) is 12.3 Å². The fourth-order valence-electron chi connectivity index (χ4n) is 2.88. The van der Waals surface area contributed by atoms with Crippen molar-refractivity contribution in [3.8, 4) is 5.88 Å². The zero-order valence-corrected chi connectivity index (χ0v) is 12.5. The third-order valence-electron chi connectivity index (χ3n) is 4.13. The number of hydrogen-bond acceptors (Lipinski definition) is 3. The van der Waals surface area contributed by atoms with Gasteiger partial charge in [-0.2, -0.15) is 0 Å². The molecule has 3 nitrogen and oxygen atoms in total. The number of halogens is 1. The van der Waals surface area contributed by atoms with Crippen molar-refractivity contribution in [1.29, 1.82) is 0 Å². The van der Waals surface area contributed by atoms with Crippen molar-refractivity contribution >= 4 is 0 Å². The van der Waals surface area contributed by atoms with Gasteiger partial charge in [0.1, 0.15) is 6.10 Å². The minimum absolute atomic E-state index is 0.116. The van der Waals surface area contributed by atoms with Crippen LogP contribution in [-0.4, -0.2) is 17.6 Å². The summed E-state index contributed by atoms with van der Waals surface area (Å²) in [7, 11) is 0. The van der Waals surface area contributed by atoms with E-state index in [1.807, 2.05) is 6.92 Å². The Kier molecular flexibility index (Phi) is 5.77. The SMILES string of the molecule is CCNCc1ccnc(OC2CCCCC2CC)c1F. The van der Waals surface area contributed by atoms with Crippen molar-refractivity contribution in [3.05, 3.63) is 23.6 Å². The summed E-state index contributed by atoms with van der Waals surface area (Å²) in [6.07, 6.45) is 7.45. The lowest BCUT2D eigenvalue weighted by Gasteiger charge is -2.30. The third-order valence-corrected chi connectivity index (χ3v) is 4.13. The Bertz CT molecular complexity index is 425. The Morgan fingerprint density at radius 1 is 1.35 bits per heavy atom. The molecular formula is C16H25FN2O. The van der Waals surface area contributed by atoms with E-state index in [-0.39, 0.29) is 17.8 Å². The second kappa shape index (κ2) is 7.58. The molecule has 1 saturated carbocycles. The van der Waals surface area contributed by atoms with Gasteiger partial charge >= 0.3 is 0 Å². The van der Waals surface area contributed by atoms with Crippen molar-refractivity contribution in [1.82, 2.24) is 10.3 Å². The number of rotatable bonds is 6. The highest BCUT2D eigenvalue weighted by Gasteiger charge is 2.26. The molecule has 0 radical (unpaired) electrons. The highest BCUT2D eigenvalue weighted by molar-refractivity contribution is 5.23. The number of nitrogens with zero attached hydrogens (tertiary/aromatic N) is 1. The van der Waals surface area contributed by atoms with E-state index in [1.165, 1.54) is 19.3 Å². The fourth-order valence-corrected chi connectivity index (χ4v) is 2.88. The lowest BCUT2D eigenvalue weighted by molar-refractivity contribution is 0.0812. The third kappa shape index (κ3) is 3.69. The van der Waals surface area contributed by atoms with Gasteiger partial charge in [0.25, 0.3) is 5.88 Å². The molecule has 20 heavy (non-hydrogen) atoms. The molecule has 1 aliphatic carbocycles. The van der Waals surface area contributed by atoms with Crippen LogP contribution >= 0.6 is 0 Å². The van der Waals surface area contributed by atoms with Crippen molar-refractivity contribution in [2.45, 2.75) is 58.6 Å². The molecule has 0 amide bonds. The van der Waals surface area contributed by atoms with E-state index in [4.69, 9.17) is 4.74 Å². The van der Waals surface area contributed by atoms with Crippen molar-refractivity contribution in [2.75, 3.05) is 6.54 Å². The van der Waals surface area contributed by atoms with Gasteiger partial charge in [0, 0.05) is 18.3 Å². The maximum Gasteiger partial charge on any atom is 0.250 e. The van der Waals surface area contributed by atoms with Crippen LogP contribution in [0.4, 0.5) is 4.39 Å². The van der Waals surface area contributed by atoms with Crippen LogP contribution in [-0.2, 0) is 6.54 Å². The Hall–Kier alpha value is -1.16. The quantitative estimate of drug-likeness (QED) is 0.863. The Labute approximate surface area is 120 Å². The normalized spacial score (nSPS) is 22.8. The minimum atomic E-state index is -0.311. The van der Waals surface area contributed by atoms with Gasteiger partial charge < -0.3 is 10.1 Å². The molecule has 0 saturated heterocycles. The van der Waals surface area contributed by atoms with Gasteiger partial charge in [-0.05, 0) is 44.2 Å². The summed E-state index contributed by atoms with van der Waals surface area (Å²) in [5.41, 5.74) is 0.626. The molecule has 1 N–H and O–H groups in total. The van der Waals surface area contributed by atoms with Crippen LogP contribution in [0.1, 0.15) is 51.5 Å². The summed E-state index contributed by atoms with van der Waals surface area (Å²) >= 11 is 0. The number of aromatic nitrogens is 1. The van der Waals surface area contributed by atoms with Crippen LogP contribution in [0.2, 0.25) is 0 Å². The molecule has 1 aromatic rings. The predicted molar refractivity (Wildman–Crippen MR) is 78.2 cm³/mol. The van der Waals surface area contributed by atoms with E-state index in [0.29, 0.717) is 18.0 Å². The molecule has 4 heteroatoms. The lowest BCUT2D eigenvalue weighted by atomic mass is 9.85. The molecule has 1 aliphatic rings. The summed E-state index contributed by atoms with van der Waals surface area (Å²) in [4.78, 5) is 4.08. The molecule has 1 fully saturated rings. The van der Waals surface area contributed by atoms with Crippen molar-refractivity contribution < 1.29 is 9.13 Å². The monoisotopic (exact) mass is 280 g/mol. The first-order chi connectivity index (χ1) is 9.76. The predicted octanol–water partition coefficient (Wildman–Crippen LogP) is 3.68. The first kappa shape index (κ1) is 15.2. The summed E-state index contributed by atoms with van der Waals surface area (Å²) in [6.45, 7) is 5.52. The lowest BCUT2D eigenvalue weighted by Crippen LogP contribution is -2.30. The average molecular weight is 280 g/mol. The number of pyridine rings is 1. The van der Waals surface area contributed by atoms with E-state index in [2.05, 4.69) is 17.2 Å². The van der Waals surface area contributed by atoms with Crippen LogP contribution in [0, 0.1) is 11.7 Å². The maximum atomic E-state index is 14.4. The summed E-state index contributed by atoms with van der Waals surface area (Å²) < 4.78 is 20.3. The first-order valence-electron chi connectivity index (χ1n) is 7.77. The minimum Gasteiger partial charge on any atom is -0.472 e. The van der Waals surface area contributed by atoms with Crippen molar-refractivity contribution in [2.24, 2.45) is 5.92 Å². The molecule has 112 valence electrons. The first-order valence-corrected chi connectivity index (χ1v) is 7.77. The van der Waals surface area contributed by atoms with E-state index in [0.717, 1.165) is 19.4 Å². The fraction of sp³-hybridized carbons (Fsp3) is 0.688. The molecule has 0 aromatic carbocycles. The van der Waals surface area contributed by atoms with E-state index < -0.39 is 0 Å². The van der Waals surface area contributed by atoms with Crippen LogP contribution < -0.4 is 10.1 Å². The number of nitrogens with one attached hydrogen (secondary N) is 1. The van der Waals surface area contributed by atoms with Gasteiger partial charge in [-0.1, -0.05) is 20.3 Å². The smallest absolute Gasteiger partial charge is 0.250 e. The Morgan fingerprint density at radius 2 is 2.15 bits per heavy atom. The molecule has 0 bridgehead atoms. The van der Waals surface area contributed by atoms with Crippen LogP contribution in [0.3, 0.4) is 0 Å². The molecule has 0 spiro atoms. The Balaban J connectivity index is 2.08. The Morgan fingerprint density at radius 3 is 2.90 bits per heavy atom. The van der Waals surface area contributed by atoms with Gasteiger partial charge in [-0.3, -0.25) is 0 Å². The summed E-state index contributed by atoms with van der Waals surface area (Å²) in [6, 6.07) is 1.71. The molecular weight excluding hydrogens is 255 g/mol. The second-order valence-electron chi connectivity index (χ2n) is 5.48. The topological polar surface area (TPSA) is 34.2 Å². The molecule has 2 unspecified atom stereocenters.